The predicted octanol–water partition coefficient (Wildman–Crippen LogP) is 5.35. The number of carbonyl (C=O) groups is 1. The zero-order valence-electron chi connectivity index (χ0n) is 16.8. The summed E-state index contributed by atoms with van der Waals surface area (Å²) < 4.78 is 12.1. The number of amides is 1. The molecule has 7 heteroatoms. The van der Waals surface area contributed by atoms with Crippen molar-refractivity contribution < 1.29 is 14.3 Å². The van der Waals surface area contributed by atoms with Crippen molar-refractivity contribution in [3.63, 3.8) is 0 Å². The summed E-state index contributed by atoms with van der Waals surface area (Å²) in [7, 11) is 0. The highest BCUT2D eigenvalue weighted by molar-refractivity contribution is 9.10. The fraction of sp³-hybridized carbons (Fsp3) is 0.409. The zero-order chi connectivity index (χ0) is 20.8. The first-order valence-corrected chi connectivity index (χ1v) is 10.9. The third kappa shape index (κ3) is 5.87. The van der Waals surface area contributed by atoms with Crippen molar-refractivity contribution in [3.8, 4) is 5.75 Å². The lowest BCUT2D eigenvalue weighted by Crippen LogP contribution is -2.36. The summed E-state index contributed by atoms with van der Waals surface area (Å²) >= 11 is 9.77. The molecular formula is C22H26BrClN2O3. The van der Waals surface area contributed by atoms with Gasteiger partial charge in [0.05, 0.1) is 24.3 Å². The number of nitrogens with zero attached hydrogens (tertiary/aromatic N) is 1. The largest absolute Gasteiger partial charge is 0.492 e. The summed E-state index contributed by atoms with van der Waals surface area (Å²) in [5.74, 6) is 0.735. The second-order valence-electron chi connectivity index (χ2n) is 7.09. The molecule has 156 valence electrons. The van der Waals surface area contributed by atoms with Crippen LogP contribution in [0.15, 0.2) is 34.8 Å². The van der Waals surface area contributed by atoms with Gasteiger partial charge in [-0.25, -0.2) is 0 Å². The smallest absolute Gasteiger partial charge is 0.224 e. The summed E-state index contributed by atoms with van der Waals surface area (Å²) in [5, 5.41) is 3.68. The van der Waals surface area contributed by atoms with E-state index in [0.717, 1.165) is 64.0 Å². The first-order valence-electron chi connectivity index (χ1n) is 9.76. The third-order valence-corrected chi connectivity index (χ3v) is 6.47. The van der Waals surface area contributed by atoms with Crippen molar-refractivity contribution in [2.24, 2.45) is 0 Å². The fourth-order valence-corrected chi connectivity index (χ4v) is 3.91. The number of aryl methyl sites for hydroxylation is 1. The molecule has 0 atom stereocenters. The lowest BCUT2D eigenvalue weighted by molar-refractivity contribution is -0.116. The molecule has 2 aromatic rings. The monoisotopic (exact) mass is 480 g/mol. The van der Waals surface area contributed by atoms with Crippen LogP contribution in [0.4, 0.5) is 11.4 Å². The Morgan fingerprint density at radius 2 is 1.93 bits per heavy atom. The van der Waals surface area contributed by atoms with Gasteiger partial charge in [0.1, 0.15) is 5.75 Å². The number of hydrogen-bond donors (Lipinski definition) is 1. The van der Waals surface area contributed by atoms with Crippen molar-refractivity contribution in [2.75, 3.05) is 43.1 Å². The minimum atomic E-state index is -0.0183. The van der Waals surface area contributed by atoms with Gasteiger partial charge >= 0.3 is 0 Å². The molecule has 5 nitrogen and oxygen atoms in total. The lowest BCUT2D eigenvalue weighted by Gasteiger charge is -2.28. The van der Waals surface area contributed by atoms with E-state index in [1.165, 1.54) is 0 Å². The Labute approximate surface area is 185 Å². The molecule has 1 saturated heterocycles. The van der Waals surface area contributed by atoms with Gasteiger partial charge in [0.25, 0.3) is 0 Å². The molecule has 2 aromatic carbocycles. The highest BCUT2D eigenvalue weighted by Crippen LogP contribution is 2.35. The highest BCUT2D eigenvalue weighted by Gasteiger charge is 2.12. The van der Waals surface area contributed by atoms with Crippen LogP contribution in [0.25, 0.3) is 0 Å². The zero-order valence-corrected chi connectivity index (χ0v) is 19.1. The topological polar surface area (TPSA) is 50.8 Å². The van der Waals surface area contributed by atoms with Crippen LogP contribution in [0.5, 0.6) is 5.75 Å². The van der Waals surface area contributed by atoms with Gasteiger partial charge in [-0.1, -0.05) is 11.6 Å². The van der Waals surface area contributed by atoms with Crippen LogP contribution in [0, 0.1) is 13.8 Å². The molecular weight excluding hydrogens is 456 g/mol. The Hall–Kier alpha value is -1.76. The summed E-state index contributed by atoms with van der Waals surface area (Å²) in [6.45, 7) is 7.67. The van der Waals surface area contributed by atoms with Crippen molar-refractivity contribution >= 4 is 44.8 Å². The van der Waals surface area contributed by atoms with Gasteiger partial charge in [0, 0.05) is 35.9 Å². The van der Waals surface area contributed by atoms with Gasteiger partial charge in [0.2, 0.25) is 5.91 Å². The van der Waals surface area contributed by atoms with E-state index < -0.39 is 0 Å². The third-order valence-electron chi connectivity index (χ3n) is 4.90. The van der Waals surface area contributed by atoms with E-state index in [1.807, 2.05) is 44.2 Å². The summed E-state index contributed by atoms with van der Waals surface area (Å²) in [6.07, 6.45) is 1.03. The van der Waals surface area contributed by atoms with Crippen LogP contribution in [0.2, 0.25) is 5.02 Å². The average Bonchev–Trinajstić information content (AvgIpc) is 2.74. The van der Waals surface area contributed by atoms with E-state index in [-0.39, 0.29) is 5.91 Å². The summed E-state index contributed by atoms with van der Waals surface area (Å²) in [6, 6.07) is 9.86. The van der Waals surface area contributed by atoms with Gasteiger partial charge in [0.15, 0.2) is 0 Å². The Bertz CT molecular complexity index is 852. The molecule has 0 unspecified atom stereocenters. The molecule has 0 radical (unpaired) electrons. The van der Waals surface area contributed by atoms with Gasteiger partial charge in [-0.3, -0.25) is 4.79 Å². The molecule has 0 saturated carbocycles. The molecule has 1 amide bonds. The summed E-state index contributed by atoms with van der Waals surface area (Å²) in [5.41, 5.74) is 3.89. The predicted molar refractivity (Wildman–Crippen MR) is 121 cm³/mol. The number of hydrogen-bond acceptors (Lipinski definition) is 4. The van der Waals surface area contributed by atoms with E-state index in [2.05, 4.69) is 26.1 Å². The Balaban J connectivity index is 1.43. The quantitative estimate of drug-likeness (QED) is 0.541. The van der Waals surface area contributed by atoms with E-state index >= 15 is 0 Å². The number of morpholine rings is 1. The Kier molecular flexibility index (Phi) is 7.81. The average molecular weight is 482 g/mol. The first-order chi connectivity index (χ1) is 14.0. The van der Waals surface area contributed by atoms with E-state index in [1.54, 1.807) is 0 Å². The number of rotatable bonds is 7. The second-order valence-corrected chi connectivity index (χ2v) is 8.26. The molecule has 3 rings (SSSR count). The van der Waals surface area contributed by atoms with Crippen LogP contribution >= 0.6 is 27.5 Å². The van der Waals surface area contributed by atoms with Gasteiger partial charge in [-0.15, -0.1) is 0 Å². The summed E-state index contributed by atoms with van der Waals surface area (Å²) in [4.78, 5) is 14.5. The highest BCUT2D eigenvalue weighted by atomic mass is 79.9. The van der Waals surface area contributed by atoms with Crippen molar-refractivity contribution in [1.82, 2.24) is 0 Å². The van der Waals surface area contributed by atoms with E-state index in [9.17, 15) is 4.79 Å². The number of ether oxygens (including phenoxy) is 2. The maximum Gasteiger partial charge on any atom is 0.224 e. The minimum Gasteiger partial charge on any atom is -0.492 e. The Morgan fingerprint density at radius 1 is 1.24 bits per heavy atom. The number of anilines is 2. The van der Waals surface area contributed by atoms with Gasteiger partial charge < -0.3 is 19.7 Å². The minimum absolute atomic E-state index is 0.0183. The van der Waals surface area contributed by atoms with Crippen LogP contribution in [-0.4, -0.2) is 38.8 Å². The maximum absolute atomic E-state index is 12.2. The molecule has 1 aliphatic heterocycles. The SMILES string of the molecule is Cc1cc(OCCCC(=O)Nc2ccc(N3CCOCC3)cc2)c(Br)c(C)c1Cl. The van der Waals surface area contributed by atoms with Crippen LogP contribution in [0.1, 0.15) is 24.0 Å². The molecule has 0 bridgehead atoms. The molecule has 1 fully saturated rings. The van der Waals surface area contributed by atoms with E-state index in [4.69, 9.17) is 21.1 Å². The van der Waals surface area contributed by atoms with Crippen LogP contribution in [-0.2, 0) is 9.53 Å². The molecule has 1 heterocycles. The van der Waals surface area contributed by atoms with Crippen molar-refractivity contribution in [2.45, 2.75) is 26.7 Å². The normalized spacial score (nSPS) is 14.0. The molecule has 1 aliphatic rings. The maximum atomic E-state index is 12.2. The number of carbonyl (C=O) groups excluding carboxylic acids is 1. The second kappa shape index (κ2) is 10.3. The van der Waals surface area contributed by atoms with Crippen molar-refractivity contribution in [1.29, 1.82) is 0 Å². The van der Waals surface area contributed by atoms with Crippen molar-refractivity contribution in [3.05, 3.63) is 51.0 Å². The van der Waals surface area contributed by atoms with Crippen LogP contribution < -0.4 is 15.0 Å². The molecule has 0 aliphatic carbocycles. The fourth-order valence-electron chi connectivity index (χ4n) is 3.22. The Morgan fingerprint density at radius 3 is 2.62 bits per heavy atom. The number of benzene rings is 2. The lowest BCUT2D eigenvalue weighted by atomic mass is 10.1. The van der Waals surface area contributed by atoms with Gasteiger partial charge in [-0.2, -0.15) is 0 Å². The van der Waals surface area contributed by atoms with Gasteiger partial charge in [-0.05, 0) is 77.7 Å². The first kappa shape index (κ1) is 21.9. The standard InChI is InChI=1S/C22H26BrClN2O3/c1-15-14-19(21(23)16(2)22(15)24)29-11-3-4-20(27)25-17-5-7-18(8-6-17)26-9-12-28-13-10-26/h5-8,14H,3-4,9-13H2,1-2H3,(H,25,27). The number of halogens is 2. The molecule has 1 N–H and O–H groups in total. The molecule has 0 aromatic heterocycles. The number of nitrogens with one attached hydrogen (secondary N) is 1. The van der Waals surface area contributed by atoms with Crippen LogP contribution in [0.3, 0.4) is 0 Å². The molecule has 0 spiro atoms. The van der Waals surface area contributed by atoms with E-state index in [0.29, 0.717) is 19.4 Å². The molecule has 29 heavy (non-hydrogen) atoms.